The molecule has 0 bridgehead atoms. The largest absolute Gasteiger partial charge is 0.314 e. The van der Waals surface area contributed by atoms with E-state index in [2.05, 4.69) is 37.0 Å². The Hall–Kier alpha value is -0.520. The van der Waals surface area contributed by atoms with Gasteiger partial charge >= 0.3 is 0 Å². The Morgan fingerprint density at radius 2 is 2.14 bits per heavy atom. The van der Waals surface area contributed by atoms with Crippen molar-refractivity contribution in [3.05, 3.63) is 0 Å². The average Bonchev–Trinajstić information content (AvgIpc) is 2.97. The van der Waals surface area contributed by atoms with E-state index in [4.69, 9.17) is 6.42 Å². The van der Waals surface area contributed by atoms with E-state index >= 15 is 0 Å². The molecule has 0 aromatic rings. The van der Waals surface area contributed by atoms with Gasteiger partial charge in [0.2, 0.25) is 0 Å². The maximum Gasteiger partial charge on any atom is 0.0598 e. The molecule has 0 aromatic carbocycles. The van der Waals surface area contributed by atoms with Gasteiger partial charge in [-0.05, 0) is 39.3 Å². The first-order valence-electron chi connectivity index (χ1n) is 5.52. The van der Waals surface area contributed by atoms with E-state index in [0.29, 0.717) is 12.0 Å². The summed E-state index contributed by atoms with van der Waals surface area (Å²) in [5.74, 6) is 3.35. The molecule has 0 spiro atoms. The van der Waals surface area contributed by atoms with E-state index in [-0.39, 0.29) is 0 Å². The first-order chi connectivity index (χ1) is 6.65. The highest BCUT2D eigenvalue weighted by Crippen LogP contribution is 2.19. The number of hydrogen-bond donors (Lipinski definition) is 1. The van der Waals surface area contributed by atoms with Gasteiger partial charge < -0.3 is 5.32 Å². The quantitative estimate of drug-likeness (QED) is 0.642. The van der Waals surface area contributed by atoms with E-state index in [9.17, 15) is 0 Å². The Morgan fingerprint density at radius 3 is 2.64 bits per heavy atom. The van der Waals surface area contributed by atoms with Crippen LogP contribution >= 0.6 is 0 Å². The first-order valence-corrected chi connectivity index (χ1v) is 5.52. The van der Waals surface area contributed by atoms with Gasteiger partial charge in [-0.2, -0.15) is 0 Å². The van der Waals surface area contributed by atoms with Crippen molar-refractivity contribution in [1.29, 1.82) is 0 Å². The average molecular weight is 194 g/mol. The van der Waals surface area contributed by atoms with Crippen LogP contribution in [0.3, 0.4) is 0 Å². The molecule has 80 valence electrons. The van der Waals surface area contributed by atoms with Crippen LogP contribution in [-0.2, 0) is 0 Å². The second-order valence-corrected chi connectivity index (χ2v) is 4.52. The SMILES string of the molecule is C#CCN(C)C(C)C(C)CNC1CC1. The zero-order valence-electron chi connectivity index (χ0n) is 9.59. The standard InChI is InChI=1S/C12H22N2/c1-5-8-14(4)11(3)10(2)9-13-12-6-7-12/h1,10-13H,6-9H2,2-4H3. The second kappa shape index (κ2) is 5.38. The Bertz CT molecular complexity index is 203. The van der Waals surface area contributed by atoms with Crippen LogP contribution in [0.15, 0.2) is 0 Å². The lowest BCUT2D eigenvalue weighted by molar-refractivity contribution is 0.216. The fraction of sp³-hybridized carbons (Fsp3) is 0.833. The minimum Gasteiger partial charge on any atom is -0.314 e. The molecular formula is C12H22N2. The molecule has 1 rings (SSSR count). The molecule has 0 amide bonds. The third-order valence-electron chi connectivity index (χ3n) is 3.17. The van der Waals surface area contributed by atoms with Crippen molar-refractivity contribution < 1.29 is 0 Å². The summed E-state index contributed by atoms with van der Waals surface area (Å²) >= 11 is 0. The summed E-state index contributed by atoms with van der Waals surface area (Å²) in [5.41, 5.74) is 0. The second-order valence-electron chi connectivity index (χ2n) is 4.52. The van der Waals surface area contributed by atoms with Crippen molar-refractivity contribution in [2.45, 2.75) is 38.8 Å². The Balaban J connectivity index is 2.19. The number of nitrogens with one attached hydrogen (secondary N) is 1. The van der Waals surface area contributed by atoms with Crippen molar-refractivity contribution in [2.24, 2.45) is 5.92 Å². The van der Waals surface area contributed by atoms with Crippen LogP contribution in [0.25, 0.3) is 0 Å². The molecule has 0 aromatic heterocycles. The van der Waals surface area contributed by atoms with Crippen molar-refractivity contribution in [2.75, 3.05) is 20.1 Å². The number of nitrogens with zero attached hydrogens (tertiary/aromatic N) is 1. The maximum atomic E-state index is 5.29. The smallest absolute Gasteiger partial charge is 0.0598 e. The van der Waals surface area contributed by atoms with Crippen LogP contribution in [0.4, 0.5) is 0 Å². The van der Waals surface area contributed by atoms with Gasteiger partial charge in [0.1, 0.15) is 0 Å². The van der Waals surface area contributed by atoms with Crippen molar-refractivity contribution in [3.8, 4) is 12.3 Å². The summed E-state index contributed by atoms with van der Waals surface area (Å²) in [4.78, 5) is 2.24. The molecule has 1 fully saturated rings. The van der Waals surface area contributed by atoms with E-state index in [1.807, 2.05) is 0 Å². The molecule has 0 radical (unpaired) electrons. The highest BCUT2D eigenvalue weighted by molar-refractivity contribution is 4.90. The third kappa shape index (κ3) is 3.69. The normalized spacial score (nSPS) is 20.5. The molecule has 1 aliphatic carbocycles. The summed E-state index contributed by atoms with van der Waals surface area (Å²) in [5, 5.41) is 3.56. The highest BCUT2D eigenvalue weighted by Gasteiger charge is 2.23. The molecule has 2 heteroatoms. The summed E-state index contributed by atoms with van der Waals surface area (Å²) < 4.78 is 0. The zero-order valence-corrected chi connectivity index (χ0v) is 9.59. The van der Waals surface area contributed by atoms with E-state index in [1.165, 1.54) is 12.8 Å². The lowest BCUT2D eigenvalue weighted by atomic mass is 10.0. The molecule has 2 atom stereocenters. The predicted molar refractivity (Wildman–Crippen MR) is 61.1 cm³/mol. The monoisotopic (exact) mass is 194 g/mol. The summed E-state index contributed by atoms with van der Waals surface area (Å²) in [6.45, 7) is 6.39. The Labute approximate surface area is 88.1 Å². The lowest BCUT2D eigenvalue weighted by Gasteiger charge is -2.28. The van der Waals surface area contributed by atoms with Crippen LogP contribution in [-0.4, -0.2) is 37.1 Å². The molecule has 1 saturated carbocycles. The van der Waals surface area contributed by atoms with Crippen LogP contribution < -0.4 is 5.32 Å². The summed E-state index contributed by atoms with van der Waals surface area (Å²) in [7, 11) is 2.10. The van der Waals surface area contributed by atoms with Crippen LogP contribution in [0.2, 0.25) is 0 Å². The fourth-order valence-corrected chi connectivity index (χ4v) is 1.53. The number of terminal acetylenes is 1. The molecule has 2 unspecified atom stereocenters. The highest BCUT2D eigenvalue weighted by atomic mass is 15.1. The van der Waals surface area contributed by atoms with Gasteiger partial charge in [-0.1, -0.05) is 12.8 Å². The minimum absolute atomic E-state index is 0.553. The number of rotatable bonds is 6. The Morgan fingerprint density at radius 1 is 1.50 bits per heavy atom. The van der Waals surface area contributed by atoms with Gasteiger partial charge in [0.25, 0.3) is 0 Å². The van der Waals surface area contributed by atoms with E-state index < -0.39 is 0 Å². The van der Waals surface area contributed by atoms with Crippen LogP contribution in [0, 0.1) is 18.3 Å². The summed E-state index contributed by atoms with van der Waals surface area (Å²) in [6.07, 6.45) is 8.02. The molecule has 0 saturated heterocycles. The Kier molecular flexibility index (Phi) is 4.44. The molecule has 14 heavy (non-hydrogen) atoms. The zero-order chi connectivity index (χ0) is 10.6. The topological polar surface area (TPSA) is 15.3 Å². The number of hydrogen-bond acceptors (Lipinski definition) is 2. The third-order valence-corrected chi connectivity index (χ3v) is 3.17. The van der Waals surface area contributed by atoms with Gasteiger partial charge in [0, 0.05) is 12.1 Å². The van der Waals surface area contributed by atoms with Crippen LogP contribution in [0.1, 0.15) is 26.7 Å². The maximum absolute atomic E-state index is 5.29. The fourth-order valence-electron chi connectivity index (χ4n) is 1.53. The van der Waals surface area contributed by atoms with Crippen molar-refractivity contribution in [3.63, 3.8) is 0 Å². The molecule has 1 N–H and O–H groups in total. The molecule has 0 aliphatic heterocycles. The van der Waals surface area contributed by atoms with Gasteiger partial charge in [-0.25, -0.2) is 0 Å². The minimum atomic E-state index is 0.553. The molecule has 1 aliphatic rings. The van der Waals surface area contributed by atoms with Crippen molar-refractivity contribution >= 4 is 0 Å². The van der Waals surface area contributed by atoms with Gasteiger partial charge in [-0.15, -0.1) is 6.42 Å². The van der Waals surface area contributed by atoms with Crippen LogP contribution in [0.5, 0.6) is 0 Å². The molecular weight excluding hydrogens is 172 g/mol. The van der Waals surface area contributed by atoms with Crippen molar-refractivity contribution in [1.82, 2.24) is 10.2 Å². The van der Waals surface area contributed by atoms with E-state index in [1.54, 1.807) is 0 Å². The lowest BCUT2D eigenvalue weighted by Crippen LogP contribution is -2.39. The molecule has 0 heterocycles. The van der Waals surface area contributed by atoms with Gasteiger partial charge in [0.05, 0.1) is 6.54 Å². The van der Waals surface area contributed by atoms with Gasteiger partial charge in [0.15, 0.2) is 0 Å². The predicted octanol–water partition coefficient (Wildman–Crippen LogP) is 1.33. The molecule has 2 nitrogen and oxygen atoms in total. The first kappa shape index (κ1) is 11.6. The van der Waals surface area contributed by atoms with Gasteiger partial charge in [-0.3, -0.25) is 4.90 Å². The van der Waals surface area contributed by atoms with E-state index in [0.717, 1.165) is 19.1 Å². The summed E-state index contributed by atoms with van der Waals surface area (Å²) in [6, 6.07) is 1.36.